The van der Waals surface area contributed by atoms with Gasteiger partial charge in [-0.3, -0.25) is 0 Å². The number of fused-ring (bicyclic) bond motifs is 1. The molecule has 0 aliphatic carbocycles. The molecule has 32 heavy (non-hydrogen) atoms. The van der Waals surface area contributed by atoms with Gasteiger partial charge in [0.25, 0.3) is 0 Å². The Morgan fingerprint density at radius 3 is 2.84 bits per heavy atom. The lowest BCUT2D eigenvalue weighted by Crippen LogP contribution is -2.32. The lowest BCUT2D eigenvalue weighted by molar-refractivity contribution is 0.297. The quantitative estimate of drug-likeness (QED) is 0.245. The number of rotatable bonds is 7. The third kappa shape index (κ3) is 6.73. The maximum atomic E-state index is 5.81. The van der Waals surface area contributed by atoms with Crippen molar-refractivity contribution in [1.29, 1.82) is 0 Å². The molecule has 9 heteroatoms. The molecule has 4 rings (SSSR count). The number of anilines is 1. The Bertz CT molecular complexity index is 1010. The number of nitrogens with one attached hydrogen (secondary N) is 2. The van der Waals surface area contributed by atoms with E-state index in [4.69, 9.17) is 19.2 Å². The van der Waals surface area contributed by atoms with Crippen LogP contribution in [0.25, 0.3) is 0 Å². The molecule has 0 saturated carbocycles. The zero-order chi connectivity index (χ0) is 21.3. The van der Waals surface area contributed by atoms with Gasteiger partial charge >= 0.3 is 0 Å². The second-order valence-corrected chi connectivity index (χ2v) is 7.96. The average molecular weight is 566 g/mol. The van der Waals surface area contributed by atoms with Crippen molar-refractivity contribution < 1.29 is 14.2 Å². The number of hydrogen-bond donors (Lipinski definition) is 2. The van der Waals surface area contributed by atoms with E-state index in [0.29, 0.717) is 31.6 Å². The zero-order valence-electron chi connectivity index (χ0n) is 17.9. The number of pyridine rings is 1. The summed E-state index contributed by atoms with van der Waals surface area (Å²) < 4.78 is 16.9. The Morgan fingerprint density at radius 1 is 1.16 bits per heavy atom. The predicted molar refractivity (Wildman–Crippen MR) is 139 cm³/mol. The van der Waals surface area contributed by atoms with Crippen LogP contribution >= 0.6 is 35.3 Å². The van der Waals surface area contributed by atoms with Crippen molar-refractivity contribution in [3.63, 3.8) is 0 Å². The third-order valence-electron chi connectivity index (χ3n) is 4.71. The fraction of sp³-hybridized carbons (Fsp3) is 0.304. The van der Waals surface area contributed by atoms with E-state index in [0.717, 1.165) is 42.1 Å². The lowest BCUT2D eigenvalue weighted by atomic mass is 10.2. The van der Waals surface area contributed by atoms with Gasteiger partial charge in [-0.15, -0.1) is 35.3 Å². The van der Waals surface area contributed by atoms with Crippen LogP contribution in [-0.2, 0) is 13.0 Å². The van der Waals surface area contributed by atoms with Crippen molar-refractivity contribution in [3.8, 4) is 17.4 Å². The van der Waals surface area contributed by atoms with Crippen LogP contribution < -0.4 is 24.8 Å². The van der Waals surface area contributed by atoms with Crippen LogP contribution in [0.15, 0.2) is 59.0 Å². The number of halogens is 1. The van der Waals surface area contributed by atoms with Crippen molar-refractivity contribution in [2.45, 2.75) is 19.4 Å². The van der Waals surface area contributed by atoms with Gasteiger partial charge in [0.05, 0.1) is 26.9 Å². The molecule has 170 valence electrons. The van der Waals surface area contributed by atoms with Crippen molar-refractivity contribution in [2.24, 2.45) is 4.99 Å². The molecule has 0 bridgehead atoms. The van der Waals surface area contributed by atoms with Crippen LogP contribution in [0.5, 0.6) is 17.4 Å². The highest BCUT2D eigenvalue weighted by Crippen LogP contribution is 2.32. The Hall–Kier alpha value is -2.53. The highest BCUT2D eigenvalue weighted by atomic mass is 127. The highest BCUT2D eigenvalue weighted by molar-refractivity contribution is 14.0. The standard InChI is InChI=1S/C23H26N4O3S.HI/c1-28-22-17(5-2-10-24-22)16-26-23(25-11-9-19-6-3-14-31-19)27-18-7-8-20-21(15-18)30-13-4-12-29-20;/h2-3,5-8,10,14-15H,4,9,11-13,16H2,1H3,(H2,25,26,27);1H. The van der Waals surface area contributed by atoms with Crippen LogP contribution in [0.2, 0.25) is 0 Å². The van der Waals surface area contributed by atoms with E-state index < -0.39 is 0 Å². The second kappa shape index (κ2) is 12.5. The number of thiophene rings is 1. The number of benzene rings is 1. The third-order valence-corrected chi connectivity index (χ3v) is 5.64. The van der Waals surface area contributed by atoms with Crippen LogP contribution in [0.4, 0.5) is 5.69 Å². The monoisotopic (exact) mass is 566 g/mol. The normalized spacial score (nSPS) is 13.0. The van der Waals surface area contributed by atoms with Gasteiger partial charge in [-0.2, -0.15) is 0 Å². The number of hydrogen-bond acceptors (Lipinski definition) is 6. The lowest BCUT2D eigenvalue weighted by Gasteiger charge is -2.15. The van der Waals surface area contributed by atoms with Crippen LogP contribution in [-0.4, -0.2) is 37.8 Å². The summed E-state index contributed by atoms with van der Waals surface area (Å²) in [6.07, 6.45) is 3.51. The summed E-state index contributed by atoms with van der Waals surface area (Å²) in [5.74, 6) is 2.78. The van der Waals surface area contributed by atoms with Crippen molar-refractivity contribution in [1.82, 2.24) is 10.3 Å². The van der Waals surface area contributed by atoms with Gasteiger partial charge in [0.1, 0.15) is 0 Å². The average Bonchev–Trinajstić information content (AvgIpc) is 3.21. The molecule has 7 nitrogen and oxygen atoms in total. The molecule has 1 aliphatic heterocycles. The first-order valence-corrected chi connectivity index (χ1v) is 11.1. The van der Waals surface area contributed by atoms with E-state index in [1.807, 2.05) is 30.3 Å². The Morgan fingerprint density at radius 2 is 2.03 bits per heavy atom. The number of methoxy groups -OCH3 is 1. The van der Waals surface area contributed by atoms with Gasteiger partial charge in [0, 0.05) is 41.4 Å². The molecular weight excluding hydrogens is 539 g/mol. The maximum Gasteiger partial charge on any atom is 0.218 e. The SMILES string of the molecule is COc1ncccc1CN=C(NCCc1cccs1)Nc1ccc2c(c1)OCCCO2.I. The molecule has 0 atom stereocenters. The van der Waals surface area contributed by atoms with Crippen molar-refractivity contribution >= 4 is 47.0 Å². The van der Waals surface area contributed by atoms with Gasteiger partial charge in [-0.1, -0.05) is 12.1 Å². The van der Waals surface area contributed by atoms with E-state index in [1.165, 1.54) is 4.88 Å². The number of guanidine groups is 1. The number of ether oxygens (including phenoxy) is 3. The first kappa shape index (κ1) is 24.1. The highest BCUT2D eigenvalue weighted by Gasteiger charge is 2.12. The molecule has 1 aromatic carbocycles. The summed E-state index contributed by atoms with van der Waals surface area (Å²) in [7, 11) is 1.62. The number of aromatic nitrogens is 1. The first-order valence-electron chi connectivity index (χ1n) is 10.3. The maximum absolute atomic E-state index is 5.81. The van der Waals surface area contributed by atoms with Crippen LogP contribution in [0.1, 0.15) is 16.9 Å². The van der Waals surface area contributed by atoms with Gasteiger partial charge in [-0.25, -0.2) is 9.98 Å². The van der Waals surface area contributed by atoms with Gasteiger partial charge in [-0.05, 0) is 36.1 Å². The summed E-state index contributed by atoms with van der Waals surface area (Å²) >= 11 is 1.76. The molecule has 3 aromatic rings. The molecule has 0 saturated heterocycles. The Labute approximate surface area is 209 Å². The molecular formula is C23H27IN4O3S. The fourth-order valence-electron chi connectivity index (χ4n) is 3.17. The number of nitrogens with zero attached hydrogens (tertiary/aromatic N) is 2. The van der Waals surface area contributed by atoms with E-state index in [1.54, 1.807) is 24.6 Å². The minimum absolute atomic E-state index is 0. The molecule has 0 fully saturated rings. The Kier molecular flexibility index (Phi) is 9.42. The molecule has 2 N–H and O–H groups in total. The van der Waals surface area contributed by atoms with E-state index in [-0.39, 0.29) is 24.0 Å². The predicted octanol–water partition coefficient (Wildman–Crippen LogP) is 4.73. The summed E-state index contributed by atoms with van der Waals surface area (Å²) in [6.45, 7) is 2.53. The fourth-order valence-corrected chi connectivity index (χ4v) is 3.88. The summed E-state index contributed by atoms with van der Waals surface area (Å²) in [4.78, 5) is 10.3. The summed E-state index contributed by atoms with van der Waals surface area (Å²) in [5.41, 5.74) is 1.80. The minimum Gasteiger partial charge on any atom is -0.490 e. The molecule has 0 amide bonds. The van der Waals surface area contributed by atoms with Crippen molar-refractivity contribution in [3.05, 3.63) is 64.5 Å². The molecule has 2 aromatic heterocycles. The smallest absolute Gasteiger partial charge is 0.218 e. The van der Waals surface area contributed by atoms with Crippen molar-refractivity contribution in [2.75, 3.05) is 32.2 Å². The van der Waals surface area contributed by atoms with Gasteiger partial charge in [0.2, 0.25) is 5.88 Å². The molecule has 0 radical (unpaired) electrons. The van der Waals surface area contributed by atoms with Crippen LogP contribution in [0.3, 0.4) is 0 Å². The van der Waals surface area contributed by atoms with E-state index >= 15 is 0 Å². The summed E-state index contributed by atoms with van der Waals surface area (Å²) in [5, 5.41) is 8.89. The Balaban J connectivity index is 0.00000289. The molecule has 3 heterocycles. The molecule has 1 aliphatic rings. The minimum atomic E-state index is 0. The van der Waals surface area contributed by atoms with Gasteiger partial charge in [0.15, 0.2) is 17.5 Å². The first-order chi connectivity index (χ1) is 15.3. The van der Waals surface area contributed by atoms with Crippen LogP contribution in [0, 0.1) is 0 Å². The van der Waals surface area contributed by atoms with Gasteiger partial charge < -0.3 is 24.8 Å². The molecule has 0 unspecified atom stereocenters. The molecule has 0 spiro atoms. The topological polar surface area (TPSA) is 77.0 Å². The van der Waals surface area contributed by atoms with E-state index in [9.17, 15) is 0 Å². The largest absolute Gasteiger partial charge is 0.490 e. The second-order valence-electron chi connectivity index (χ2n) is 6.93. The zero-order valence-corrected chi connectivity index (χ0v) is 21.0. The van der Waals surface area contributed by atoms with E-state index in [2.05, 4.69) is 33.1 Å². The number of aliphatic imine (C=N–C) groups is 1. The summed E-state index contributed by atoms with van der Waals surface area (Å²) in [6, 6.07) is 13.9.